The zero-order valence-corrected chi connectivity index (χ0v) is 30.0. The van der Waals surface area contributed by atoms with Crippen LogP contribution in [0.5, 0.6) is 0 Å². The molecule has 256 valence electrons. The molecule has 0 atom stereocenters. The van der Waals surface area contributed by atoms with Crippen LogP contribution in [0, 0.1) is 11.8 Å². The highest BCUT2D eigenvalue weighted by Crippen LogP contribution is 2.38. The molecule has 0 aromatic heterocycles. The van der Waals surface area contributed by atoms with Crippen LogP contribution in [0.2, 0.25) is 0 Å². The summed E-state index contributed by atoms with van der Waals surface area (Å²) in [5, 5.41) is 0. The molecule has 0 spiro atoms. The second kappa shape index (κ2) is 28.0. The standard InChI is InChI=1S/C12H22.C12H16.C6H12.C6H6.C5H10.C5H6/c2*1-3-7-11(8-4-1)12-9-5-2-6-10-12;2*1-2-4-6-5-3-1;2*1-2-4-5-3-1/h11-12H,1-10H2;1,3-4,7-8,12H,2,5-6,9-10H2;1-6H2;1-6H;1-5H2;1-4H,5H2. The summed E-state index contributed by atoms with van der Waals surface area (Å²) in [4.78, 5) is 0. The number of benzene rings is 2. The van der Waals surface area contributed by atoms with Gasteiger partial charge in [-0.05, 0) is 42.6 Å². The molecule has 8 rings (SSSR count). The minimum absolute atomic E-state index is 0.861. The van der Waals surface area contributed by atoms with Crippen LogP contribution in [0.3, 0.4) is 0 Å². The lowest BCUT2D eigenvalue weighted by Gasteiger charge is -2.32. The molecular weight excluding hydrogens is 553 g/mol. The van der Waals surface area contributed by atoms with Crippen molar-refractivity contribution in [3.05, 3.63) is 96.6 Å². The Morgan fingerprint density at radius 2 is 0.587 bits per heavy atom. The van der Waals surface area contributed by atoms with Gasteiger partial charge in [-0.25, -0.2) is 0 Å². The van der Waals surface area contributed by atoms with Crippen molar-refractivity contribution in [2.75, 3.05) is 0 Å². The third-order valence-electron chi connectivity index (χ3n) is 10.9. The number of rotatable bonds is 2. The molecule has 46 heavy (non-hydrogen) atoms. The molecule has 0 heteroatoms. The van der Waals surface area contributed by atoms with E-state index in [1.807, 2.05) is 36.4 Å². The molecule has 0 heterocycles. The van der Waals surface area contributed by atoms with E-state index in [-0.39, 0.29) is 0 Å². The first-order valence-corrected chi connectivity index (χ1v) is 20.3. The smallest absolute Gasteiger partial charge is 0.0162 e. The second-order valence-corrected chi connectivity index (χ2v) is 14.7. The van der Waals surface area contributed by atoms with Gasteiger partial charge in [-0.3, -0.25) is 0 Å². The Kier molecular flexibility index (Phi) is 23.3. The molecule has 0 bridgehead atoms. The van der Waals surface area contributed by atoms with Gasteiger partial charge in [0.1, 0.15) is 0 Å². The van der Waals surface area contributed by atoms with Crippen LogP contribution in [0.1, 0.15) is 185 Å². The minimum atomic E-state index is 0.861. The first-order valence-electron chi connectivity index (χ1n) is 20.3. The molecule has 0 amide bonds. The Bertz CT molecular complexity index is 858. The van der Waals surface area contributed by atoms with Crippen LogP contribution in [0.15, 0.2) is 91.0 Å². The van der Waals surface area contributed by atoms with Crippen molar-refractivity contribution >= 4 is 0 Å². The SMILES string of the molecule is C1=CCC=C1.C1CCC(C2CCCCC2)CC1.C1CCCC1.C1CCCCC1.c1ccc(C2CCCCC2)cc1.c1ccccc1. The van der Waals surface area contributed by atoms with E-state index < -0.39 is 0 Å². The van der Waals surface area contributed by atoms with Gasteiger partial charge in [0.15, 0.2) is 0 Å². The number of allylic oxidation sites excluding steroid dienone is 4. The lowest BCUT2D eigenvalue weighted by molar-refractivity contribution is 0.196. The van der Waals surface area contributed by atoms with Gasteiger partial charge in [0.05, 0.1) is 0 Å². The highest BCUT2D eigenvalue weighted by Gasteiger charge is 2.24. The fourth-order valence-corrected chi connectivity index (χ4v) is 8.09. The molecule has 2 aromatic rings. The minimum Gasteiger partial charge on any atom is -0.0808 e. The third kappa shape index (κ3) is 19.6. The zero-order chi connectivity index (χ0) is 32.0. The molecule has 0 saturated heterocycles. The summed E-state index contributed by atoms with van der Waals surface area (Å²) in [7, 11) is 0. The highest BCUT2D eigenvalue weighted by molar-refractivity contribution is 5.19. The fourth-order valence-electron chi connectivity index (χ4n) is 8.09. The summed E-state index contributed by atoms with van der Waals surface area (Å²) in [6, 6.07) is 23.0. The maximum absolute atomic E-state index is 2.27. The Labute approximate surface area is 287 Å². The molecule has 0 aliphatic heterocycles. The van der Waals surface area contributed by atoms with Crippen LogP contribution < -0.4 is 0 Å². The van der Waals surface area contributed by atoms with Gasteiger partial charge >= 0.3 is 0 Å². The summed E-state index contributed by atoms with van der Waals surface area (Å²) in [5.74, 6) is 3.14. The molecule has 5 fully saturated rings. The van der Waals surface area contributed by atoms with Crippen LogP contribution >= 0.6 is 0 Å². The molecule has 0 N–H and O–H groups in total. The van der Waals surface area contributed by atoms with E-state index in [0.29, 0.717) is 0 Å². The largest absolute Gasteiger partial charge is 0.0808 e. The van der Waals surface area contributed by atoms with Gasteiger partial charge in [0.2, 0.25) is 0 Å². The van der Waals surface area contributed by atoms with E-state index in [2.05, 4.69) is 54.6 Å². The first-order chi connectivity index (χ1) is 22.9. The summed E-state index contributed by atoms with van der Waals surface area (Å²) in [6.45, 7) is 0. The van der Waals surface area contributed by atoms with E-state index in [1.165, 1.54) is 141 Å². The van der Waals surface area contributed by atoms with Gasteiger partial charge < -0.3 is 0 Å². The monoisotopic (exact) mass is 625 g/mol. The van der Waals surface area contributed by atoms with Crippen molar-refractivity contribution in [3.8, 4) is 0 Å². The maximum Gasteiger partial charge on any atom is -0.0162 e. The van der Waals surface area contributed by atoms with Crippen LogP contribution in [-0.4, -0.2) is 0 Å². The Hall–Kier alpha value is -2.08. The van der Waals surface area contributed by atoms with Crippen molar-refractivity contribution in [1.82, 2.24) is 0 Å². The quantitative estimate of drug-likeness (QED) is 0.312. The van der Waals surface area contributed by atoms with Gasteiger partial charge in [-0.2, -0.15) is 0 Å². The van der Waals surface area contributed by atoms with Gasteiger partial charge in [0.25, 0.3) is 0 Å². The molecule has 6 aliphatic carbocycles. The fraction of sp³-hybridized carbons (Fsp3) is 0.652. The molecule has 0 nitrogen and oxygen atoms in total. The Morgan fingerprint density at radius 3 is 0.891 bits per heavy atom. The van der Waals surface area contributed by atoms with Crippen LogP contribution in [-0.2, 0) is 0 Å². The van der Waals surface area contributed by atoms with Crippen molar-refractivity contribution < 1.29 is 0 Å². The third-order valence-corrected chi connectivity index (χ3v) is 10.9. The topological polar surface area (TPSA) is 0 Å². The van der Waals surface area contributed by atoms with Crippen LogP contribution in [0.25, 0.3) is 0 Å². The predicted molar refractivity (Wildman–Crippen MR) is 206 cm³/mol. The number of hydrogen-bond donors (Lipinski definition) is 0. The Morgan fingerprint density at radius 1 is 0.304 bits per heavy atom. The average molecular weight is 625 g/mol. The molecule has 0 unspecified atom stereocenters. The second-order valence-electron chi connectivity index (χ2n) is 14.7. The van der Waals surface area contributed by atoms with E-state index >= 15 is 0 Å². The lowest BCUT2D eigenvalue weighted by atomic mass is 9.73. The van der Waals surface area contributed by atoms with Gasteiger partial charge in [-0.1, -0.05) is 245 Å². The van der Waals surface area contributed by atoms with E-state index in [1.54, 1.807) is 31.2 Å². The molecule has 2 aromatic carbocycles. The van der Waals surface area contributed by atoms with Crippen molar-refractivity contribution in [3.63, 3.8) is 0 Å². The van der Waals surface area contributed by atoms with E-state index in [4.69, 9.17) is 0 Å². The number of hydrogen-bond acceptors (Lipinski definition) is 0. The normalized spacial score (nSPS) is 21.3. The average Bonchev–Trinajstić information content (AvgIpc) is 3.97. The molecule has 6 aliphatic rings. The summed E-state index contributed by atoms with van der Waals surface area (Å²) in [6.07, 6.45) is 48.5. The first kappa shape index (κ1) is 38.4. The summed E-state index contributed by atoms with van der Waals surface area (Å²) >= 11 is 0. The summed E-state index contributed by atoms with van der Waals surface area (Å²) in [5.41, 5.74) is 1.55. The van der Waals surface area contributed by atoms with E-state index in [0.717, 1.165) is 24.2 Å². The maximum atomic E-state index is 2.27. The molecule has 5 saturated carbocycles. The summed E-state index contributed by atoms with van der Waals surface area (Å²) < 4.78 is 0. The lowest BCUT2D eigenvalue weighted by Crippen LogP contribution is -2.20. The molecular formula is C46H72. The molecule has 0 radical (unpaired) electrons. The highest BCUT2D eigenvalue weighted by atomic mass is 14.3. The van der Waals surface area contributed by atoms with Crippen molar-refractivity contribution in [1.29, 1.82) is 0 Å². The van der Waals surface area contributed by atoms with Crippen LogP contribution in [0.4, 0.5) is 0 Å². The Balaban J connectivity index is 0.000000157. The van der Waals surface area contributed by atoms with Gasteiger partial charge in [0, 0.05) is 0 Å². The zero-order valence-electron chi connectivity index (χ0n) is 30.0. The van der Waals surface area contributed by atoms with E-state index in [9.17, 15) is 0 Å². The van der Waals surface area contributed by atoms with Gasteiger partial charge in [-0.15, -0.1) is 0 Å². The van der Waals surface area contributed by atoms with Crippen molar-refractivity contribution in [2.45, 2.75) is 179 Å². The van der Waals surface area contributed by atoms with Crippen molar-refractivity contribution in [2.24, 2.45) is 11.8 Å². The predicted octanol–water partition coefficient (Wildman–Crippen LogP) is 15.4.